The zero-order valence-electron chi connectivity index (χ0n) is 22.0. The minimum absolute atomic E-state index is 0.224. The highest BCUT2D eigenvalue weighted by atomic mass is 35.5. The van der Waals surface area contributed by atoms with E-state index in [0.29, 0.717) is 47.7 Å². The number of anilines is 1. The Balaban J connectivity index is 1.16. The highest BCUT2D eigenvalue weighted by Crippen LogP contribution is 2.35. The zero-order chi connectivity index (χ0) is 28.5. The maximum absolute atomic E-state index is 13.3. The maximum Gasteiger partial charge on any atom is 0.294 e. The van der Waals surface area contributed by atoms with E-state index in [-0.39, 0.29) is 12.5 Å². The van der Waals surface area contributed by atoms with Gasteiger partial charge in [0.2, 0.25) is 5.91 Å². The predicted octanol–water partition coefficient (Wildman–Crippen LogP) is 6.38. The molecule has 3 heterocycles. The number of imide groups is 1. The minimum Gasteiger partial charge on any atom is -0.368 e. The van der Waals surface area contributed by atoms with Crippen molar-refractivity contribution in [2.75, 3.05) is 37.6 Å². The van der Waals surface area contributed by atoms with Crippen LogP contribution in [0.1, 0.15) is 11.1 Å². The highest BCUT2D eigenvalue weighted by Gasteiger charge is 2.37. The molecule has 1 aromatic heterocycles. The third kappa shape index (κ3) is 5.73. The van der Waals surface area contributed by atoms with Crippen molar-refractivity contribution in [1.29, 1.82) is 0 Å². The Morgan fingerprint density at radius 3 is 2.39 bits per heavy atom. The Morgan fingerprint density at radius 2 is 1.63 bits per heavy atom. The van der Waals surface area contributed by atoms with Gasteiger partial charge in [-0.15, -0.1) is 0 Å². The van der Waals surface area contributed by atoms with E-state index < -0.39 is 11.1 Å². The largest absolute Gasteiger partial charge is 0.368 e. The Labute approximate surface area is 251 Å². The van der Waals surface area contributed by atoms with Crippen LogP contribution in [0.3, 0.4) is 0 Å². The SMILES string of the molecule is O=C(CN1C(=O)S/C(=C/c2cn(Cc3ccc(Cl)cc3Cl)c3ccccc23)C1=O)N1CCN(c2ccccc2)CC1. The van der Waals surface area contributed by atoms with Gasteiger partial charge in [-0.1, -0.05) is 65.7 Å². The smallest absolute Gasteiger partial charge is 0.294 e. The van der Waals surface area contributed by atoms with Crippen LogP contribution in [0, 0.1) is 0 Å². The third-order valence-electron chi connectivity index (χ3n) is 7.38. The predicted molar refractivity (Wildman–Crippen MR) is 165 cm³/mol. The molecule has 3 aromatic carbocycles. The van der Waals surface area contributed by atoms with Crippen LogP contribution in [0.25, 0.3) is 17.0 Å². The second-order valence-electron chi connectivity index (χ2n) is 9.94. The number of carbonyl (C=O) groups is 3. The fraction of sp³-hybridized carbons (Fsp3) is 0.194. The van der Waals surface area contributed by atoms with E-state index in [1.54, 1.807) is 23.1 Å². The Kier molecular flexibility index (Phi) is 7.79. The van der Waals surface area contributed by atoms with Gasteiger partial charge in [0.15, 0.2) is 0 Å². The number of fused-ring (bicyclic) bond motifs is 1. The molecule has 41 heavy (non-hydrogen) atoms. The van der Waals surface area contributed by atoms with Gasteiger partial charge >= 0.3 is 0 Å². The van der Waals surface area contributed by atoms with Crippen LogP contribution in [0.2, 0.25) is 10.0 Å². The average Bonchev–Trinajstić information content (AvgIpc) is 3.46. The van der Waals surface area contributed by atoms with E-state index in [2.05, 4.69) is 9.47 Å². The molecule has 208 valence electrons. The van der Waals surface area contributed by atoms with Gasteiger partial charge in [-0.2, -0.15) is 0 Å². The van der Waals surface area contributed by atoms with Crippen LogP contribution in [0.15, 0.2) is 83.9 Å². The second-order valence-corrected chi connectivity index (χ2v) is 11.8. The summed E-state index contributed by atoms with van der Waals surface area (Å²) in [6.45, 7) is 2.72. The van der Waals surface area contributed by atoms with E-state index >= 15 is 0 Å². The molecule has 10 heteroatoms. The molecule has 0 atom stereocenters. The van der Waals surface area contributed by atoms with Crippen LogP contribution in [0.5, 0.6) is 0 Å². The summed E-state index contributed by atoms with van der Waals surface area (Å²) in [6.07, 6.45) is 3.68. The van der Waals surface area contributed by atoms with Gasteiger partial charge in [-0.05, 0) is 53.7 Å². The number of para-hydroxylation sites is 2. The van der Waals surface area contributed by atoms with Crippen molar-refractivity contribution >= 4 is 74.7 Å². The molecule has 0 spiro atoms. The van der Waals surface area contributed by atoms with Crippen molar-refractivity contribution in [3.63, 3.8) is 0 Å². The first-order valence-corrected chi connectivity index (χ1v) is 14.8. The number of hydrogen-bond acceptors (Lipinski definition) is 5. The van der Waals surface area contributed by atoms with Gasteiger partial charge in [0.05, 0.1) is 4.91 Å². The molecule has 4 aromatic rings. The van der Waals surface area contributed by atoms with E-state index in [9.17, 15) is 14.4 Å². The number of thioether (sulfide) groups is 1. The summed E-state index contributed by atoms with van der Waals surface area (Å²) in [4.78, 5) is 44.5. The molecule has 0 unspecified atom stereocenters. The quantitative estimate of drug-likeness (QED) is 0.239. The number of carbonyl (C=O) groups excluding carboxylic acids is 3. The number of amides is 3. The third-order valence-corrected chi connectivity index (χ3v) is 8.88. The number of halogens is 2. The second kappa shape index (κ2) is 11.6. The molecule has 2 saturated heterocycles. The molecule has 2 aliphatic rings. The summed E-state index contributed by atoms with van der Waals surface area (Å²) < 4.78 is 2.05. The lowest BCUT2D eigenvalue weighted by atomic mass is 10.1. The standard InChI is InChI=1S/C31H26Cl2N4O3S/c32-23-11-10-21(26(33)17-23)18-36-19-22(25-8-4-5-9-27(25)36)16-28-30(39)37(31(40)41-28)20-29(38)35-14-12-34(13-15-35)24-6-2-1-3-7-24/h1-11,16-17,19H,12-15,18,20H2/b28-16+. The van der Waals surface area contributed by atoms with E-state index in [0.717, 1.165) is 44.4 Å². The monoisotopic (exact) mass is 604 g/mol. The summed E-state index contributed by atoms with van der Waals surface area (Å²) in [5.41, 5.74) is 3.80. The molecule has 0 aliphatic carbocycles. The summed E-state index contributed by atoms with van der Waals surface area (Å²) in [7, 11) is 0. The Morgan fingerprint density at radius 1 is 0.902 bits per heavy atom. The van der Waals surface area contributed by atoms with Crippen molar-refractivity contribution in [2.45, 2.75) is 6.54 Å². The zero-order valence-corrected chi connectivity index (χ0v) is 24.3. The Hall–Kier alpha value is -3.72. The maximum atomic E-state index is 13.3. The topological polar surface area (TPSA) is 65.9 Å². The van der Waals surface area contributed by atoms with E-state index in [1.807, 2.05) is 66.9 Å². The van der Waals surface area contributed by atoms with Gasteiger partial charge in [0.25, 0.3) is 11.1 Å². The molecule has 2 aliphatic heterocycles. The van der Waals surface area contributed by atoms with Crippen molar-refractivity contribution in [3.05, 3.63) is 105 Å². The van der Waals surface area contributed by atoms with Crippen LogP contribution < -0.4 is 4.90 Å². The fourth-order valence-corrected chi connectivity index (χ4v) is 6.52. The van der Waals surface area contributed by atoms with Crippen molar-refractivity contribution < 1.29 is 14.4 Å². The average molecular weight is 606 g/mol. The summed E-state index contributed by atoms with van der Waals surface area (Å²) in [5, 5.41) is 1.65. The fourth-order valence-electron chi connectivity index (χ4n) is 5.22. The molecule has 0 radical (unpaired) electrons. The number of aromatic nitrogens is 1. The van der Waals surface area contributed by atoms with Gasteiger partial charge in [0.1, 0.15) is 6.54 Å². The summed E-state index contributed by atoms with van der Waals surface area (Å²) in [6, 6.07) is 23.3. The molecule has 7 nitrogen and oxygen atoms in total. The van der Waals surface area contributed by atoms with Gasteiger partial charge < -0.3 is 14.4 Å². The normalized spacial score (nSPS) is 16.8. The minimum atomic E-state index is -0.450. The molecule has 0 N–H and O–H groups in total. The number of hydrogen-bond donors (Lipinski definition) is 0. The highest BCUT2D eigenvalue weighted by molar-refractivity contribution is 8.18. The van der Waals surface area contributed by atoms with Gasteiger partial charge in [-0.3, -0.25) is 19.3 Å². The number of rotatable bonds is 6. The first kappa shape index (κ1) is 27.4. The first-order chi connectivity index (χ1) is 19.9. The van der Waals surface area contributed by atoms with Crippen molar-refractivity contribution in [2.24, 2.45) is 0 Å². The molecular weight excluding hydrogens is 579 g/mol. The molecule has 0 saturated carbocycles. The molecule has 3 amide bonds. The molecule has 0 bridgehead atoms. The van der Waals surface area contributed by atoms with E-state index in [1.165, 1.54) is 0 Å². The molecular formula is C31H26Cl2N4O3S. The van der Waals surface area contributed by atoms with Crippen LogP contribution in [0.4, 0.5) is 10.5 Å². The lowest BCUT2D eigenvalue weighted by Crippen LogP contribution is -2.51. The van der Waals surface area contributed by atoms with Crippen molar-refractivity contribution in [3.8, 4) is 0 Å². The van der Waals surface area contributed by atoms with E-state index in [4.69, 9.17) is 23.2 Å². The summed E-state index contributed by atoms with van der Waals surface area (Å²) in [5.74, 6) is -0.674. The molecule has 6 rings (SSSR count). The lowest BCUT2D eigenvalue weighted by Gasteiger charge is -2.36. The number of benzene rings is 3. The van der Waals surface area contributed by atoms with Gasteiger partial charge in [-0.25, -0.2) is 0 Å². The lowest BCUT2D eigenvalue weighted by molar-refractivity contribution is -0.136. The number of piperazine rings is 1. The first-order valence-electron chi connectivity index (χ1n) is 13.2. The van der Waals surface area contributed by atoms with Gasteiger partial charge in [0, 0.05) is 71.1 Å². The number of nitrogens with zero attached hydrogens (tertiary/aromatic N) is 4. The van der Waals surface area contributed by atoms with Crippen LogP contribution >= 0.6 is 35.0 Å². The van der Waals surface area contributed by atoms with Crippen LogP contribution in [-0.4, -0.2) is 64.1 Å². The Bertz CT molecular complexity index is 1680. The summed E-state index contributed by atoms with van der Waals surface area (Å²) >= 11 is 13.4. The van der Waals surface area contributed by atoms with Crippen LogP contribution in [-0.2, 0) is 16.1 Å². The van der Waals surface area contributed by atoms with Crippen molar-refractivity contribution in [1.82, 2.24) is 14.4 Å². The molecule has 2 fully saturated rings.